The Labute approximate surface area is 82.4 Å². The lowest BCUT2D eigenvalue weighted by atomic mass is 9.93. The number of ketones is 1. The molecule has 0 aliphatic heterocycles. The second-order valence-corrected chi connectivity index (χ2v) is 3.50. The number of carbonyl (C=O) groups excluding carboxylic acids is 1. The number of fused-ring (bicyclic) bond motifs is 1. The highest BCUT2D eigenvalue weighted by atomic mass is 16.1. The zero-order valence-electron chi connectivity index (χ0n) is 8.00. The third-order valence-electron chi connectivity index (χ3n) is 2.53. The second-order valence-electron chi connectivity index (χ2n) is 3.50. The van der Waals surface area contributed by atoms with E-state index in [0.29, 0.717) is 17.5 Å². The topological polar surface area (TPSA) is 53.8 Å². The van der Waals surface area contributed by atoms with Crippen LogP contribution in [-0.4, -0.2) is 10.8 Å². The van der Waals surface area contributed by atoms with Crippen LogP contribution in [0.15, 0.2) is 6.07 Å². The molecule has 0 atom stereocenters. The van der Waals surface area contributed by atoms with E-state index in [0.717, 1.165) is 24.2 Å². The van der Waals surface area contributed by atoms with Gasteiger partial charge in [-0.3, -0.25) is 9.78 Å². The van der Waals surface area contributed by atoms with Gasteiger partial charge in [-0.1, -0.05) is 0 Å². The highest BCUT2D eigenvalue weighted by molar-refractivity contribution is 5.98. The number of aromatic nitrogens is 1. The summed E-state index contributed by atoms with van der Waals surface area (Å²) in [7, 11) is 0. The molecule has 0 saturated carbocycles. The molecule has 0 radical (unpaired) electrons. The van der Waals surface area contributed by atoms with E-state index < -0.39 is 0 Å². The molecule has 14 heavy (non-hydrogen) atoms. The smallest absolute Gasteiger partial charge is 0.164 e. The molecule has 1 aliphatic rings. The molecule has 3 nitrogen and oxygen atoms in total. The lowest BCUT2D eigenvalue weighted by Crippen LogP contribution is -2.13. The third kappa shape index (κ3) is 1.29. The first-order valence-corrected chi connectivity index (χ1v) is 4.66. The zero-order valence-corrected chi connectivity index (χ0v) is 8.00. The Morgan fingerprint density at radius 3 is 3.00 bits per heavy atom. The summed E-state index contributed by atoms with van der Waals surface area (Å²) in [6, 6.07) is 3.73. The van der Waals surface area contributed by atoms with Gasteiger partial charge in [-0.2, -0.15) is 5.26 Å². The summed E-state index contributed by atoms with van der Waals surface area (Å²) in [5, 5.41) is 8.80. The van der Waals surface area contributed by atoms with Crippen molar-refractivity contribution in [3.05, 3.63) is 28.6 Å². The molecule has 3 heteroatoms. The first kappa shape index (κ1) is 8.89. The van der Waals surface area contributed by atoms with Crippen molar-refractivity contribution in [3.63, 3.8) is 0 Å². The van der Waals surface area contributed by atoms with Crippen molar-refractivity contribution in [1.82, 2.24) is 4.98 Å². The highest BCUT2D eigenvalue weighted by Crippen LogP contribution is 2.21. The lowest BCUT2D eigenvalue weighted by molar-refractivity contribution is 0.0971. The number of carbonyl (C=O) groups is 1. The van der Waals surface area contributed by atoms with Gasteiger partial charge < -0.3 is 0 Å². The molecular formula is C11H10N2O. The number of nitrogens with zero attached hydrogens (tertiary/aromatic N) is 2. The Kier molecular flexibility index (Phi) is 2.05. The summed E-state index contributed by atoms with van der Waals surface area (Å²) < 4.78 is 0. The molecule has 0 aromatic carbocycles. The van der Waals surface area contributed by atoms with Crippen molar-refractivity contribution in [2.75, 3.05) is 0 Å². The summed E-state index contributed by atoms with van der Waals surface area (Å²) in [6.45, 7) is 1.80. The predicted octanol–water partition coefficient (Wildman–Crippen LogP) is 1.78. The SMILES string of the molecule is Cc1nc2c(cc1C#N)C(=O)CCC2. The molecule has 2 rings (SSSR count). The van der Waals surface area contributed by atoms with Crippen LogP contribution in [0.5, 0.6) is 0 Å². The van der Waals surface area contributed by atoms with Gasteiger partial charge in [0, 0.05) is 12.0 Å². The fourth-order valence-electron chi connectivity index (χ4n) is 1.75. The molecule has 1 heterocycles. The van der Waals surface area contributed by atoms with Crippen LogP contribution in [0.2, 0.25) is 0 Å². The number of hydrogen-bond donors (Lipinski definition) is 0. The molecular weight excluding hydrogens is 176 g/mol. The molecule has 1 aromatic heterocycles. The first-order valence-electron chi connectivity index (χ1n) is 4.66. The largest absolute Gasteiger partial charge is 0.294 e. The van der Waals surface area contributed by atoms with Crippen molar-refractivity contribution < 1.29 is 4.79 Å². The highest BCUT2D eigenvalue weighted by Gasteiger charge is 2.19. The van der Waals surface area contributed by atoms with E-state index >= 15 is 0 Å². The van der Waals surface area contributed by atoms with E-state index in [1.54, 1.807) is 13.0 Å². The number of rotatable bonds is 0. The van der Waals surface area contributed by atoms with E-state index in [1.165, 1.54) is 0 Å². The summed E-state index contributed by atoms with van der Waals surface area (Å²) in [6.07, 6.45) is 2.32. The summed E-state index contributed by atoms with van der Waals surface area (Å²) >= 11 is 0. The molecule has 0 N–H and O–H groups in total. The van der Waals surface area contributed by atoms with Crippen LogP contribution in [0.3, 0.4) is 0 Å². The van der Waals surface area contributed by atoms with Gasteiger partial charge in [0.25, 0.3) is 0 Å². The Morgan fingerprint density at radius 1 is 1.50 bits per heavy atom. The number of aryl methyl sites for hydroxylation is 2. The average molecular weight is 186 g/mol. The Balaban J connectivity index is 2.62. The fraction of sp³-hybridized carbons (Fsp3) is 0.364. The number of hydrogen-bond acceptors (Lipinski definition) is 3. The molecule has 0 spiro atoms. The van der Waals surface area contributed by atoms with Crippen LogP contribution in [-0.2, 0) is 6.42 Å². The van der Waals surface area contributed by atoms with Gasteiger partial charge in [0.15, 0.2) is 5.78 Å². The minimum atomic E-state index is 0.121. The van der Waals surface area contributed by atoms with Crippen LogP contribution in [0.25, 0.3) is 0 Å². The summed E-state index contributed by atoms with van der Waals surface area (Å²) in [4.78, 5) is 15.8. The van der Waals surface area contributed by atoms with Crippen LogP contribution < -0.4 is 0 Å². The van der Waals surface area contributed by atoms with Gasteiger partial charge >= 0.3 is 0 Å². The maximum atomic E-state index is 11.5. The van der Waals surface area contributed by atoms with Crippen molar-refractivity contribution in [2.24, 2.45) is 0 Å². The molecule has 0 unspecified atom stereocenters. The summed E-state index contributed by atoms with van der Waals surface area (Å²) in [5.41, 5.74) is 2.75. The summed E-state index contributed by atoms with van der Waals surface area (Å²) in [5.74, 6) is 0.121. The molecule has 70 valence electrons. The zero-order chi connectivity index (χ0) is 10.1. The molecule has 1 aromatic rings. The molecule has 0 amide bonds. The van der Waals surface area contributed by atoms with E-state index in [9.17, 15) is 4.79 Å². The van der Waals surface area contributed by atoms with Crippen molar-refractivity contribution >= 4 is 5.78 Å². The normalized spacial score (nSPS) is 14.7. The number of pyridine rings is 1. The number of nitriles is 1. The minimum absolute atomic E-state index is 0.121. The molecule has 1 aliphatic carbocycles. The first-order chi connectivity index (χ1) is 6.72. The van der Waals surface area contributed by atoms with Crippen LogP contribution in [0.4, 0.5) is 0 Å². The maximum absolute atomic E-state index is 11.5. The van der Waals surface area contributed by atoms with Crippen LogP contribution in [0.1, 0.15) is 40.2 Å². The van der Waals surface area contributed by atoms with Gasteiger partial charge in [0.1, 0.15) is 6.07 Å². The maximum Gasteiger partial charge on any atom is 0.164 e. The van der Waals surface area contributed by atoms with Gasteiger partial charge in [-0.05, 0) is 25.8 Å². The van der Waals surface area contributed by atoms with Crippen molar-refractivity contribution in [1.29, 1.82) is 5.26 Å². The van der Waals surface area contributed by atoms with Crippen LogP contribution in [0, 0.1) is 18.3 Å². The predicted molar refractivity (Wildman–Crippen MR) is 51.0 cm³/mol. The molecule has 0 fully saturated rings. The average Bonchev–Trinajstić information content (AvgIpc) is 2.17. The van der Waals surface area contributed by atoms with Gasteiger partial charge in [0.05, 0.1) is 17.0 Å². The third-order valence-corrected chi connectivity index (χ3v) is 2.53. The monoisotopic (exact) mass is 186 g/mol. The standard InChI is InChI=1S/C11H10N2O/c1-7-8(6-12)5-9-10(13-7)3-2-4-11(9)14/h5H,2-4H2,1H3. The Hall–Kier alpha value is -1.69. The Bertz CT molecular complexity index is 443. The van der Waals surface area contributed by atoms with Gasteiger partial charge in [-0.25, -0.2) is 0 Å². The van der Waals surface area contributed by atoms with Gasteiger partial charge in [-0.15, -0.1) is 0 Å². The fourth-order valence-corrected chi connectivity index (χ4v) is 1.75. The number of Topliss-reactive ketones (excluding diaryl/α,β-unsaturated/α-hetero) is 1. The Morgan fingerprint density at radius 2 is 2.29 bits per heavy atom. The van der Waals surface area contributed by atoms with E-state index in [-0.39, 0.29) is 5.78 Å². The van der Waals surface area contributed by atoms with Crippen molar-refractivity contribution in [3.8, 4) is 6.07 Å². The molecule has 0 saturated heterocycles. The van der Waals surface area contributed by atoms with E-state index in [1.807, 2.05) is 0 Å². The quantitative estimate of drug-likeness (QED) is 0.620. The lowest BCUT2D eigenvalue weighted by Gasteiger charge is -2.14. The van der Waals surface area contributed by atoms with E-state index in [2.05, 4.69) is 11.1 Å². The molecule has 0 bridgehead atoms. The second kappa shape index (κ2) is 3.22. The van der Waals surface area contributed by atoms with Gasteiger partial charge in [0.2, 0.25) is 0 Å². The minimum Gasteiger partial charge on any atom is -0.294 e. The van der Waals surface area contributed by atoms with Crippen LogP contribution >= 0.6 is 0 Å². The van der Waals surface area contributed by atoms with E-state index in [4.69, 9.17) is 5.26 Å². The van der Waals surface area contributed by atoms with Crippen molar-refractivity contribution in [2.45, 2.75) is 26.2 Å².